The Kier molecular flexibility index (Phi) is 2.55. The SMILES string of the molecule is CNC(=O)c1c[nH]c2c(C#N)cc(Cl)cc12. The van der Waals surface area contributed by atoms with Gasteiger partial charge in [-0.25, -0.2) is 0 Å². The number of nitrogens with zero attached hydrogens (tertiary/aromatic N) is 1. The summed E-state index contributed by atoms with van der Waals surface area (Å²) in [5, 5.41) is 12.6. The average Bonchev–Trinajstić information content (AvgIpc) is 2.70. The Balaban J connectivity index is 2.78. The van der Waals surface area contributed by atoms with E-state index in [2.05, 4.69) is 10.3 Å². The minimum atomic E-state index is -0.211. The topological polar surface area (TPSA) is 68.7 Å². The van der Waals surface area contributed by atoms with Gasteiger partial charge in [-0.2, -0.15) is 5.26 Å². The van der Waals surface area contributed by atoms with Crippen molar-refractivity contribution in [3.05, 3.63) is 34.5 Å². The van der Waals surface area contributed by atoms with Crippen LogP contribution in [-0.2, 0) is 0 Å². The molecule has 0 aliphatic heterocycles. The van der Waals surface area contributed by atoms with Crippen LogP contribution >= 0.6 is 11.6 Å². The van der Waals surface area contributed by atoms with Crippen molar-refractivity contribution in [2.75, 3.05) is 7.05 Å². The summed E-state index contributed by atoms with van der Waals surface area (Å²) in [4.78, 5) is 14.5. The van der Waals surface area contributed by atoms with Crippen LogP contribution in [0, 0.1) is 11.3 Å². The number of nitrogens with one attached hydrogen (secondary N) is 2. The van der Waals surface area contributed by atoms with Crippen molar-refractivity contribution in [1.82, 2.24) is 10.3 Å². The molecule has 0 unspecified atom stereocenters. The number of halogens is 1. The van der Waals surface area contributed by atoms with Gasteiger partial charge in [0.05, 0.1) is 16.6 Å². The summed E-state index contributed by atoms with van der Waals surface area (Å²) < 4.78 is 0. The van der Waals surface area contributed by atoms with Crippen LogP contribution in [0.1, 0.15) is 15.9 Å². The minimum Gasteiger partial charge on any atom is -0.359 e. The molecule has 5 heteroatoms. The summed E-state index contributed by atoms with van der Waals surface area (Å²) in [6, 6.07) is 5.26. The predicted molar refractivity (Wildman–Crippen MR) is 61.4 cm³/mol. The highest BCUT2D eigenvalue weighted by molar-refractivity contribution is 6.31. The molecule has 2 aromatic rings. The van der Waals surface area contributed by atoms with Crippen molar-refractivity contribution >= 4 is 28.4 Å². The summed E-state index contributed by atoms with van der Waals surface area (Å²) in [7, 11) is 1.55. The molecule has 0 bridgehead atoms. The molecule has 2 N–H and O–H groups in total. The number of carbonyl (C=O) groups excluding carboxylic acids is 1. The molecule has 0 aliphatic rings. The summed E-state index contributed by atoms with van der Waals surface area (Å²) >= 11 is 5.88. The van der Waals surface area contributed by atoms with E-state index in [9.17, 15) is 4.79 Å². The van der Waals surface area contributed by atoms with Crippen molar-refractivity contribution < 1.29 is 4.79 Å². The van der Waals surface area contributed by atoms with Crippen LogP contribution in [-0.4, -0.2) is 17.9 Å². The van der Waals surface area contributed by atoms with E-state index in [-0.39, 0.29) is 5.91 Å². The van der Waals surface area contributed by atoms with Crippen molar-refractivity contribution in [2.24, 2.45) is 0 Å². The van der Waals surface area contributed by atoms with Crippen LogP contribution in [0.15, 0.2) is 18.3 Å². The van der Waals surface area contributed by atoms with E-state index in [1.807, 2.05) is 6.07 Å². The molecule has 1 aromatic carbocycles. The molecule has 0 saturated heterocycles. The average molecular weight is 234 g/mol. The fraction of sp³-hybridized carbons (Fsp3) is 0.0909. The first-order valence-electron chi connectivity index (χ1n) is 4.60. The standard InChI is InChI=1S/C11H8ClN3O/c1-14-11(16)9-5-15-10-6(4-13)2-7(12)3-8(9)10/h2-3,5,15H,1H3,(H,14,16). The van der Waals surface area contributed by atoms with E-state index in [0.29, 0.717) is 27.1 Å². The smallest absolute Gasteiger partial charge is 0.253 e. The molecular weight excluding hydrogens is 226 g/mol. The van der Waals surface area contributed by atoms with Gasteiger partial charge in [-0.1, -0.05) is 11.6 Å². The van der Waals surface area contributed by atoms with E-state index in [1.165, 1.54) is 0 Å². The lowest BCUT2D eigenvalue weighted by Crippen LogP contribution is -2.17. The summed E-state index contributed by atoms with van der Waals surface area (Å²) in [6.45, 7) is 0. The molecule has 1 amide bonds. The number of rotatable bonds is 1. The summed E-state index contributed by atoms with van der Waals surface area (Å²) in [5.41, 5.74) is 1.54. The fourth-order valence-electron chi connectivity index (χ4n) is 1.61. The second kappa shape index (κ2) is 3.87. The van der Waals surface area contributed by atoms with E-state index in [0.717, 1.165) is 0 Å². The van der Waals surface area contributed by atoms with Crippen molar-refractivity contribution in [3.63, 3.8) is 0 Å². The zero-order chi connectivity index (χ0) is 11.7. The van der Waals surface area contributed by atoms with E-state index >= 15 is 0 Å². The number of amides is 1. The van der Waals surface area contributed by atoms with E-state index in [4.69, 9.17) is 16.9 Å². The number of hydrogen-bond acceptors (Lipinski definition) is 2. The molecule has 0 spiro atoms. The highest BCUT2D eigenvalue weighted by Gasteiger charge is 2.13. The van der Waals surface area contributed by atoms with Gasteiger partial charge in [0, 0.05) is 23.7 Å². The largest absolute Gasteiger partial charge is 0.359 e. The molecule has 1 heterocycles. The van der Waals surface area contributed by atoms with Gasteiger partial charge in [0.2, 0.25) is 0 Å². The molecule has 0 fully saturated rings. The first-order chi connectivity index (χ1) is 7.67. The highest BCUT2D eigenvalue weighted by atomic mass is 35.5. The number of carbonyl (C=O) groups is 1. The number of aromatic nitrogens is 1. The van der Waals surface area contributed by atoms with Gasteiger partial charge < -0.3 is 10.3 Å². The fourth-order valence-corrected chi connectivity index (χ4v) is 1.83. The van der Waals surface area contributed by atoms with Crippen molar-refractivity contribution in [1.29, 1.82) is 5.26 Å². The van der Waals surface area contributed by atoms with Crippen LogP contribution in [0.25, 0.3) is 10.9 Å². The third-order valence-corrected chi connectivity index (χ3v) is 2.56. The van der Waals surface area contributed by atoms with Gasteiger partial charge in [-0.3, -0.25) is 4.79 Å². The molecule has 0 radical (unpaired) electrons. The lowest BCUT2D eigenvalue weighted by atomic mass is 10.1. The zero-order valence-electron chi connectivity index (χ0n) is 8.47. The quantitative estimate of drug-likeness (QED) is 0.792. The first-order valence-corrected chi connectivity index (χ1v) is 4.98. The maximum absolute atomic E-state index is 11.5. The van der Waals surface area contributed by atoms with Gasteiger partial charge in [0.25, 0.3) is 5.91 Å². The Morgan fingerprint density at radius 2 is 2.31 bits per heavy atom. The number of benzene rings is 1. The monoisotopic (exact) mass is 233 g/mol. The molecule has 0 saturated carbocycles. The minimum absolute atomic E-state index is 0.211. The molecule has 2 rings (SSSR count). The summed E-state index contributed by atoms with van der Waals surface area (Å²) in [6.07, 6.45) is 1.57. The number of hydrogen-bond donors (Lipinski definition) is 2. The molecule has 0 atom stereocenters. The Morgan fingerprint density at radius 1 is 1.56 bits per heavy atom. The van der Waals surface area contributed by atoms with Crippen LogP contribution in [0.5, 0.6) is 0 Å². The Hall–Kier alpha value is -1.99. The van der Waals surface area contributed by atoms with Crippen molar-refractivity contribution in [2.45, 2.75) is 0 Å². The maximum atomic E-state index is 11.5. The molecular formula is C11H8ClN3O. The molecule has 16 heavy (non-hydrogen) atoms. The zero-order valence-corrected chi connectivity index (χ0v) is 9.22. The van der Waals surface area contributed by atoms with Gasteiger partial charge in [-0.05, 0) is 12.1 Å². The van der Waals surface area contributed by atoms with Gasteiger partial charge in [0.1, 0.15) is 6.07 Å². The summed E-state index contributed by atoms with van der Waals surface area (Å²) in [5.74, 6) is -0.211. The molecule has 80 valence electrons. The first kappa shape index (κ1) is 10.5. The van der Waals surface area contributed by atoms with Gasteiger partial charge in [-0.15, -0.1) is 0 Å². The third kappa shape index (κ3) is 1.51. The van der Waals surface area contributed by atoms with E-state index < -0.39 is 0 Å². The number of nitriles is 1. The van der Waals surface area contributed by atoms with Gasteiger partial charge >= 0.3 is 0 Å². The molecule has 1 aromatic heterocycles. The normalized spacial score (nSPS) is 10.1. The Morgan fingerprint density at radius 3 is 2.94 bits per heavy atom. The predicted octanol–water partition coefficient (Wildman–Crippen LogP) is 2.05. The second-order valence-electron chi connectivity index (χ2n) is 3.27. The third-order valence-electron chi connectivity index (χ3n) is 2.35. The Bertz CT molecular complexity index is 609. The van der Waals surface area contributed by atoms with E-state index in [1.54, 1.807) is 25.4 Å². The Labute approximate surface area is 96.8 Å². The lowest BCUT2D eigenvalue weighted by Gasteiger charge is -1.99. The maximum Gasteiger partial charge on any atom is 0.253 e. The van der Waals surface area contributed by atoms with Crippen LogP contribution in [0.3, 0.4) is 0 Å². The van der Waals surface area contributed by atoms with Crippen molar-refractivity contribution in [3.8, 4) is 6.07 Å². The van der Waals surface area contributed by atoms with Crippen LogP contribution in [0.2, 0.25) is 5.02 Å². The number of H-pyrrole nitrogens is 1. The van der Waals surface area contributed by atoms with Gasteiger partial charge in [0.15, 0.2) is 0 Å². The molecule has 4 nitrogen and oxygen atoms in total. The van der Waals surface area contributed by atoms with Crippen LogP contribution in [0.4, 0.5) is 0 Å². The number of aromatic amines is 1. The molecule has 0 aliphatic carbocycles. The lowest BCUT2D eigenvalue weighted by molar-refractivity contribution is 0.0965. The number of fused-ring (bicyclic) bond motifs is 1. The highest BCUT2D eigenvalue weighted by Crippen LogP contribution is 2.25. The van der Waals surface area contributed by atoms with Crippen LogP contribution < -0.4 is 5.32 Å². The second-order valence-corrected chi connectivity index (χ2v) is 3.71.